The van der Waals surface area contributed by atoms with Crippen molar-refractivity contribution in [2.24, 2.45) is 0 Å². The number of nitriles is 1. The van der Waals surface area contributed by atoms with Crippen molar-refractivity contribution in [3.63, 3.8) is 0 Å². The normalized spacial score (nSPS) is 10.0. The molecule has 0 aliphatic heterocycles. The Balaban J connectivity index is 2.13. The fraction of sp³-hybridized carbons (Fsp3) is 0.0714. The van der Waals surface area contributed by atoms with Crippen LogP contribution in [0.25, 0.3) is 0 Å². The number of halogens is 3. The molecule has 0 bridgehead atoms. The van der Waals surface area contributed by atoms with Gasteiger partial charge in [0.1, 0.15) is 24.2 Å². The Kier molecular flexibility index (Phi) is 4.26. The smallest absolute Gasteiger partial charge is 0.129 e. The van der Waals surface area contributed by atoms with Gasteiger partial charge in [0.2, 0.25) is 0 Å². The predicted molar refractivity (Wildman–Crippen MR) is 71.9 cm³/mol. The lowest BCUT2D eigenvalue weighted by molar-refractivity contribution is 0.300. The average Bonchev–Trinajstić information content (AvgIpc) is 2.40. The van der Waals surface area contributed by atoms with E-state index in [9.17, 15) is 4.39 Å². The molecule has 2 nitrogen and oxygen atoms in total. The summed E-state index contributed by atoms with van der Waals surface area (Å²) in [6, 6.07) is 10.9. The topological polar surface area (TPSA) is 33.0 Å². The molecular weight excluding hydrogens is 288 g/mol. The van der Waals surface area contributed by atoms with Gasteiger partial charge in [-0.15, -0.1) is 0 Å². The summed E-state index contributed by atoms with van der Waals surface area (Å²) in [7, 11) is 0. The van der Waals surface area contributed by atoms with E-state index >= 15 is 0 Å². The summed E-state index contributed by atoms with van der Waals surface area (Å²) >= 11 is 11.7. The molecule has 0 N–H and O–H groups in total. The van der Waals surface area contributed by atoms with Gasteiger partial charge in [0.25, 0.3) is 0 Å². The first-order valence-corrected chi connectivity index (χ1v) is 6.12. The van der Waals surface area contributed by atoms with Crippen molar-refractivity contribution in [2.75, 3.05) is 0 Å². The Bertz CT molecular complexity index is 652. The van der Waals surface area contributed by atoms with Gasteiger partial charge in [0.05, 0.1) is 10.6 Å². The van der Waals surface area contributed by atoms with Crippen LogP contribution in [0.5, 0.6) is 5.75 Å². The zero-order valence-electron chi connectivity index (χ0n) is 9.66. The molecular formula is C14H8Cl2FNO. The van der Waals surface area contributed by atoms with Gasteiger partial charge < -0.3 is 4.74 Å². The van der Waals surface area contributed by atoms with E-state index in [0.717, 1.165) is 0 Å². The van der Waals surface area contributed by atoms with Crippen molar-refractivity contribution in [1.82, 2.24) is 0 Å². The van der Waals surface area contributed by atoms with Crippen molar-refractivity contribution >= 4 is 23.2 Å². The number of hydrogen-bond acceptors (Lipinski definition) is 2. The minimum atomic E-state index is -0.385. The lowest BCUT2D eigenvalue weighted by Gasteiger charge is -2.08. The van der Waals surface area contributed by atoms with Gasteiger partial charge in [-0.1, -0.05) is 23.2 Å². The highest BCUT2D eigenvalue weighted by atomic mass is 35.5. The Hall–Kier alpha value is -1.76. The van der Waals surface area contributed by atoms with Crippen molar-refractivity contribution < 1.29 is 9.13 Å². The van der Waals surface area contributed by atoms with Crippen LogP contribution in [0.4, 0.5) is 4.39 Å². The monoisotopic (exact) mass is 295 g/mol. The van der Waals surface area contributed by atoms with Crippen LogP contribution in [-0.2, 0) is 6.61 Å². The standard InChI is InChI=1S/C14H8Cl2FNO/c15-11-2-4-14(17)10(5-11)8-19-12-3-1-9(7-18)13(16)6-12/h1-6H,8H2. The Morgan fingerprint density at radius 1 is 1.16 bits per heavy atom. The molecule has 0 aliphatic carbocycles. The summed E-state index contributed by atoms with van der Waals surface area (Å²) in [5, 5.41) is 9.48. The van der Waals surface area contributed by atoms with Gasteiger partial charge in [0.15, 0.2) is 0 Å². The molecule has 2 rings (SSSR count). The molecule has 0 aromatic heterocycles. The number of hydrogen-bond donors (Lipinski definition) is 0. The molecule has 0 saturated carbocycles. The largest absolute Gasteiger partial charge is 0.489 e. The maximum atomic E-state index is 13.5. The highest BCUT2D eigenvalue weighted by Gasteiger charge is 2.06. The minimum absolute atomic E-state index is 0.0363. The fourth-order valence-electron chi connectivity index (χ4n) is 1.49. The van der Waals surface area contributed by atoms with Crippen LogP contribution in [0.15, 0.2) is 36.4 Å². The van der Waals surface area contributed by atoms with Gasteiger partial charge in [0, 0.05) is 16.7 Å². The number of nitrogens with zero attached hydrogens (tertiary/aromatic N) is 1. The third kappa shape index (κ3) is 3.37. The maximum Gasteiger partial charge on any atom is 0.129 e. The minimum Gasteiger partial charge on any atom is -0.489 e. The molecule has 0 saturated heterocycles. The van der Waals surface area contributed by atoms with Crippen LogP contribution in [0.1, 0.15) is 11.1 Å². The predicted octanol–water partition coefficient (Wildman–Crippen LogP) is 4.58. The van der Waals surface area contributed by atoms with Crippen LogP contribution in [0.3, 0.4) is 0 Å². The molecule has 2 aromatic carbocycles. The van der Waals surface area contributed by atoms with Gasteiger partial charge in [-0.2, -0.15) is 5.26 Å². The van der Waals surface area contributed by atoms with E-state index in [-0.39, 0.29) is 12.4 Å². The van der Waals surface area contributed by atoms with Gasteiger partial charge in [-0.25, -0.2) is 4.39 Å². The van der Waals surface area contributed by atoms with E-state index in [1.165, 1.54) is 24.3 Å². The molecule has 19 heavy (non-hydrogen) atoms. The molecule has 0 amide bonds. The van der Waals surface area contributed by atoms with Crippen molar-refractivity contribution in [3.05, 3.63) is 63.4 Å². The lowest BCUT2D eigenvalue weighted by Crippen LogP contribution is -1.98. The number of benzene rings is 2. The molecule has 0 atom stereocenters. The van der Waals surface area contributed by atoms with E-state index < -0.39 is 0 Å². The SMILES string of the molecule is N#Cc1ccc(OCc2cc(Cl)ccc2F)cc1Cl. The van der Waals surface area contributed by atoms with Crippen LogP contribution in [-0.4, -0.2) is 0 Å². The third-order valence-corrected chi connectivity index (χ3v) is 3.01. The van der Waals surface area contributed by atoms with Crippen LogP contribution in [0.2, 0.25) is 10.0 Å². The van der Waals surface area contributed by atoms with Crippen molar-refractivity contribution in [1.29, 1.82) is 5.26 Å². The van der Waals surface area contributed by atoms with E-state index in [0.29, 0.717) is 26.9 Å². The highest BCUT2D eigenvalue weighted by molar-refractivity contribution is 6.31. The zero-order chi connectivity index (χ0) is 13.8. The van der Waals surface area contributed by atoms with Gasteiger partial charge >= 0.3 is 0 Å². The van der Waals surface area contributed by atoms with E-state index in [4.69, 9.17) is 33.2 Å². The average molecular weight is 296 g/mol. The van der Waals surface area contributed by atoms with Gasteiger partial charge in [-0.3, -0.25) is 0 Å². The molecule has 0 radical (unpaired) electrons. The second-order valence-electron chi connectivity index (χ2n) is 3.78. The molecule has 0 spiro atoms. The second-order valence-corrected chi connectivity index (χ2v) is 4.62. The maximum absolute atomic E-state index is 13.5. The van der Waals surface area contributed by atoms with Crippen LogP contribution < -0.4 is 4.74 Å². The molecule has 2 aromatic rings. The fourth-order valence-corrected chi connectivity index (χ4v) is 1.90. The molecule has 0 aliphatic rings. The highest BCUT2D eigenvalue weighted by Crippen LogP contribution is 2.23. The first kappa shape index (κ1) is 13.7. The number of ether oxygens (including phenoxy) is 1. The van der Waals surface area contributed by atoms with Gasteiger partial charge in [-0.05, 0) is 30.3 Å². The quantitative estimate of drug-likeness (QED) is 0.830. The summed E-state index contributed by atoms with van der Waals surface area (Å²) in [6.07, 6.45) is 0. The van der Waals surface area contributed by atoms with E-state index in [1.54, 1.807) is 12.1 Å². The first-order valence-electron chi connectivity index (χ1n) is 5.36. The van der Waals surface area contributed by atoms with E-state index in [1.807, 2.05) is 6.07 Å². The Morgan fingerprint density at radius 3 is 2.63 bits per heavy atom. The summed E-state index contributed by atoms with van der Waals surface area (Å²) < 4.78 is 18.9. The first-order chi connectivity index (χ1) is 9.10. The molecule has 0 heterocycles. The van der Waals surface area contributed by atoms with Crippen LogP contribution in [0, 0.1) is 17.1 Å². The Labute approximate surface area is 119 Å². The summed E-state index contributed by atoms with van der Waals surface area (Å²) in [5.74, 6) is 0.0764. The van der Waals surface area contributed by atoms with Crippen molar-refractivity contribution in [2.45, 2.75) is 6.61 Å². The zero-order valence-corrected chi connectivity index (χ0v) is 11.2. The van der Waals surface area contributed by atoms with Crippen molar-refractivity contribution in [3.8, 4) is 11.8 Å². The number of rotatable bonds is 3. The summed E-state index contributed by atoms with van der Waals surface area (Å²) in [4.78, 5) is 0. The molecule has 0 fully saturated rings. The molecule has 0 unspecified atom stereocenters. The summed E-state index contributed by atoms with van der Waals surface area (Å²) in [6.45, 7) is 0.0363. The second kappa shape index (κ2) is 5.92. The molecule has 96 valence electrons. The summed E-state index contributed by atoms with van der Waals surface area (Å²) in [5.41, 5.74) is 0.718. The third-order valence-electron chi connectivity index (χ3n) is 2.46. The lowest BCUT2D eigenvalue weighted by atomic mass is 10.2. The van der Waals surface area contributed by atoms with Crippen LogP contribution >= 0.6 is 23.2 Å². The Morgan fingerprint density at radius 2 is 1.95 bits per heavy atom. The molecule has 5 heteroatoms. The van der Waals surface area contributed by atoms with E-state index in [2.05, 4.69) is 0 Å².